The van der Waals surface area contributed by atoms with Crippen LogP contribution in [0.1, 0.15) is 44.4 Å². The van der Waals surface area contributed by atoms with E-state index in [1.54, 1.807) is 0 Å². The van der Waals surface area contributed by atoms with Crippen LogP contribution in [0.15, 0.2) is 18.2 Å². The van der Waals surface area contributed by atoms with Crippen LogP contribution >= 0.6 is 0 Å². The van der Waals surface area contributed by atoms with E-state index in [0.717, 1.165) is 31.7 Å². The summed E-state index contributed by atoms with van der Waals surface area (Å²) < 4.78 is 5.80. The van der Waals surface area contributed by atoms with E-state index in [4.69, 9.17) is 4.74 Å². The van der Waals surface area contributed by atoms with Crippen LogP contribution in [0.25, 0.3) is 0 Å². The van der Waals surface area contributed by atoms with E-state index in [1.807, 2.05) is 0 Å². The molecule has 0 aliphatic carbocycles. The summed E-state index contributed by atoms with van der Waals surface area (Å²) >= 11 is 0. The molecule has 0 spiro atoms. The van der Waals surface area contributed by atoms with Crippen LogP contribution in [0.5, 0.6) is 5.75 Å². The van der Waals surface area contributed by atoms with Crippen molar-refractivity contribution in [1.82, 2.24) is 5.32 Å². The molecule has 1 aliphatic heterocycles. The van der Waals surface area contributed by atoms with Crippen LogP contribution < -0.4 is 10.1 Å². The molecule has 0 saturated carbocycles. The zero-order valence-electron chi connectivity index (χ0n) is 11.1. The smallest absolute Gasteiger partial charge is 0.127 e. The standard InChI is InChI=1S/C15H23NO/c1-4-16-14(10-11(2)3)13-7-5-6-12-8-9-17-15(12)13/h5-7,11,14,16H,4,8-10H2,1-3H3. The third kappa shape index (κ3) is 2.81. The molecular weight excluding hydrogens is 210 g/mol. The molecule has 0 saturated heterocycles. The predicted octanol–water partition coefficient (Wildman–Crippen LogP) is 3.32. The van der Waals surface area contributed by atoms with Gasteiger partial charge < -0.3 is 10.1 Å². The summed E-state index contributed by atoms with van der Waals surface area (Å²) in [4.78, 5) is 0. The second-order valence-corrected chi connectivity index (χ2v) is 5.17. The highest BCUT2D eigenvalue weighted by Gasteiger charge is 2.22. The van der Waals surface area contributed by atoms with Crippen LogP contribution in [0.3, 0.4) is 0 Å². The average Bonchev–Trinajstić information content (AvgIpc) is 2.75. The predicted molar refractivity (Wildman–Crippen MR) is 71.5 cm³/mol. The van der Waals surface area contributed by atoms with Gasteiger partial charge in [-0.05, 0) is 24.4 Å². The van der Waals surface area contributed by atoms with Gasteiger partial charge in [-0.15, -0.1) is 0 Å². The van der Waals surface area contributed by atoms with E-state index in [2.05, 4.69) is 44.3 Å². The van der Waals surface area contributed by atoms with Crippen molar-refractivity contribution in [3.8, 4) is 5.75 Å². The van der Waals surface area contributed by atoms with Gasteiger partial charge in [-0.25, -0.2) is 0 Å². The molecule has 94 valence electrons. The summed E-state index contributed by atoms with van der Waals surface area (Å²) in [6, 6.07) is 6.98. The van der Waals surface area contributed by atoms with Crippen molar-refractivity contribution in [2.24, 2.45) is 5.92 Å². The van der Waals surface area contributed by atoms with Crippen LogP contribution in [-0.4, -0.2) is 13.2 Å². The number of hydrogen-bond acceptors (Lipinski definition) is 2. The molecule has 2 nitrogen and oxygen atoms in total. The molecule has 0 aromatic heterocycles. The first-order valence-corrected chi connectivity index (χ1v) is 6.70. The fourth-order valence-electron chi connectivity index (χ4n) is 2.55. The molecule has 0 fully saturated rings. The number of hydrogen-bond donors (Lipinski definition) is 1. The maximum absolute atomic E-state index is 5.80. The molecule has 0 amide bonds. The number of para-hydroxylation sites is 1. The summed E-state index contributed by atoms with van der Waals surface area (Å²) in [6.45, 7) is 8.55. The van der Waals surface area contributed by atoms with Crippen molar-refractivity contribution >= 4 is 0 Å². The Hall–Kier alpha value is -1.02. The van der Waals surface area contributed by atoms with Crippen LogP contribution in [0.4, 0.5) is 0 Å². The van der Waals surface area contributed by atoms with E-state index in [-0.39, 0.29) is 0 Å². The molecule has 1 N–H and O–H groups in total. The Balaban J connectivity index is 2.26. The summed E-state index contributed by atoms with van der Waals surface area (Å²) in [5.41, 5.74) is 2.71. The molecule has 1 heterocycles. The van der Waals surface area contributed by atoms with Gasteiger partial charge in [0.15, 0.2) is 0 Å². The summed E-state index contributed by atoms with van der Waals surface area (Å²) in [5, 5.41) is 3.58. The summed E-state index contributed by atoms with van der Waals surface area (Å²) in [7, 11) is 0. The summed E-state index contributed by atoms with van der Waals surface area (Å²) in [5.74, 6) is 1.83. The number of fused-ring (bicyclic) bond motifs is 1. The van der Waals surface area contributed by atoms with Crippen LogP contribution in [0.2, 0.25) is 0 Å². The number of ether oxygens (including phenoxy) is 1. The first-order valence-electron chi connectivity index (χ1n) is 6.70. The molecule has 1 aromatic carbocycles. The zero-order valence-corrected chi connectivity index (χ0v) is 11.1. The van der Waals surface area contributed by atoms with Gasteiger partial charge in [0.25, 0.3) is 0 Å². The lowest BCUT2D eigenvalue weighted by molar-refractivity contribution is 0.343. The second kappa shape index (κ2) is 5.54. The van der Waals surface area contributed by atoms with Gasteiger partial charge in [-0.2, -0.15) is 0 Å². The van der Waals surface area contributed by atoms with E-state index < -0.39 is 0 Å². The van der Waals surface area contributed by atoms with Gasteiger partial charge in [0.1, 0.15) is 5.75 Å². The van der Waals surface area contributed by atoms with Gasteiger partial charge in [0, 0.05) is 18.0 Å². The monoisotopic (exact) mass is 233 g/mol. The normalized spacial score (nSPS) is 15.8. The highest BCUT2D eigenvalue weighted by atomic mass is 16.5. The van der Waals surface area contributed by atoms with Crippen molar-refractivity contribution < 1.29 is 4.74 Å². The minimum Gasteiger partial charge on any atom is -0.493 e. The molecule has 1 unspecified atom stereocenters. The Labute approximate surface area is 104 Å². The topological polar surface area (TPSA) is 21.3 Å². The van der Waals surface area contributed by atoms with Gasteiger partial charge in [-0.3, -0.25) is 0 Å². The zero-order chi connectivity index (χ0) is 12.3. The Bertz CT molecular complexity index is 373. The maximum Gasteiger partial charge on any atom is 0.127 e. The quantitative estimate of drug-likeness (QED) is 0.842. The lowest BCUT2D eigenvalue weighted by atomic mass is 9.94. The third-order valence-electron chi connectivity index (χ3n) is 3.28. The molecule has 2 rings (SSSR count). The van der Waals surface area contributed by atoms with Crippen molar-refractivity contribution in [1.29, 1.82) is 0 Å². The molecule has 0 radical (unpaired) electrons. The van der Waals surface area contributed by atoms with Gasteiger partial charge in [0.2, 0.25) is 0 Å². The van der Waals surface area contributed by atoms with Crippen LogP contribution in [-0.2, 0) is 6.42 Å². The first kappa shape index (κ1) is 12.4. The van der Waals surface area contributed by atoms with Crippen molar-refractivity contribution in [3.63, 3.8) is 0 Å². The minimum absolute atomic E-state index is 0.424. The van der Waals surface area contributed by atoms with E-state index in [0.29, 0.717) is 12.0 Å². The molecule has 1 atom stereocenters. The molecule has 17 heavy (non-hydrogen) atoms. The third-order valence-corrected chi connectivity index (χ3v) is 3.28. The first-order chi connectivity index (χ1) is 8.22. The van der Waals surface area contributed by atoms with Crippen molar-refractivity contribution in [3.05, 3.63) is 29.3 Å². The van der Waals surface area contributed by atoms with E-state index in [1.165, 1.54) is 11.1 Å². The number of nitrogens with one attached hydrogen (secondary N) is 1. The highest BCUT2D eigenvalue weighted by Crippen LogP contribution is 2.35. The highest BCUT2D eigenvalue weighted by molar-refractivity contribution is 5.45. The van der Waals surface area contributed by atoms with Gasteiger partial charge in [-0.1, -0.05) is 39.0 Å². The Morgan fingerprint density at radius 1 is 1.35 bits per heavy atom. The Morgan fingerprint density at radius 3 is 2.88 bits per heavy atom. The molecule has 1 aromatic rings. The molecule has 2 heteroatoms. The van der Waals surface area contributed by atoms with Crippen LogP contribution in [0, 0.1) is 5.92 Å². The van der Waals surface area contributed by atoms with E-state index in [9.17, 15) is 0 Å². The molecular formula is C15H23NO. The minimum atomic E-state index is 0.424. The Morgan fingerprint density at radius 2 is 2.18 bits per heavy atom. The largest absolute Gasteiger partial charge is 0.493 e. The summed E-state index contributed by atoms with van der Waals surface area (Å²) in [6.07, 6.45) is 2.22. The number of rotatable bonds is 5. The lowest BCUT2D eigenvalue weighted by Gasteiger charge is -2.22. The Kier molecular flexibility index (Phi) is 4.06. The fraction of sp³-hybridized carbons (Fsp3) is 0.600. The number of benzene rings is 1. The molecule has 1 aliphatic rings. The lowest BCUT2D eigenvalue weighted by Crippen LogP contribution is -2.22. The van der Waals surface area contributed by atoms with Gasteiger partial charge in [0.05, 0.1) is 6.61 Å². The second-order valence-electron chi connectivity index (χ2n) is 5.17. The van der Waals surface area contributed by atoms with E-state index >= 15 is 0 Å². The van der Waals surface area contributed by atoms with Crippen molar-refractivity contribution in [2.75, 3.05) is 13.2 Å². The SMILES string of the molecule is CCNC(CC(C)C)c1cccc2c1OCC2. The van der Waals surface area contributed by atoms with Gasteiger partial charge >= 0.3 is 0 Å². The van der Waals surface area contributed by atoms with Crippen molar-refractivity contribution in [2.45, 2.75) is 39.7 Å². The average molecular weight is 233 g/mol. The fourth-order valence-corrected chi connectivity index (χ4v) is 2.55. The maximum atomic E-state index is 5.80. The molecule has 0 bridgehead atoms.